The maximum atomic E-state index is 3.62. The fourth-order valence-corrected chi connectivity index (χ4v) is 3.15. The van der Waals surface area contributed by atoms with E-state index in [0.717, 1.165) is 0 Å². The quantitative estimate of drug-likeness (QED) is 0.285. The molecule has 0 aromatic rings. The van der Waals surface area contributed by atoms with Crippen LogP contribution in [0.4, 0.5) is 0 Å². The molecule has 0 aliphatic heterocycles. The van der Waals surface area contributed by atoms with Crippen LogP contribution in [0.15, 0.2) is 12.2 Å². The summed E-state index contributed by atoms with van der Waals surface area (Å²) in [5.41, 5.74) is 0.441. The predicted molar refractivity (Wildman–Crippen MR) is 40.5 cm³/mol. The molecule has 10 heavy (non-hydrogen) atoms. The first-order valence-corrected chi connectivity index (χ1v) is 6.96. The summed E-state index contributed by atoms with van der Waals surface area (Å²) in [7, 11) is 0. The van der Waals surface area contributed by atoms with E-state index in [9.17, 15) is 0 Å². The van der Waals surface area contributed by atoms with Crippen LogP contribution in [-0.2, 0) is 0 Å². The number of hydrogen-bond acceptors (Lipinski definition) is 1. The van der Waals surface area contributed by atoms with Gasteiger partial charge in [-0.15, -0.1) is 0 Å². The van der Waals surface area contributed by atoms with Crippen LogP contribution in [0, 0.1) is 0 Å². The molecule has 1 fully saturated rings. The van der Waals surface area contributed by atoms with Gasteiger partial charge in [-0.2, -0.15) is 0 Å². The van der Waals surface area contributed by atoms with Crippen LogP contribution in [0.3, 0.4) is 0 Å². The van der Waals surface area contributed by atoms with Gasteiger partial charge < -0.3 is 0 Å². The second kappa shape index (κ2) is 3.72. The molecular weight excluding hydrogens is 237 g/mol. The third-order valence-electron chi connectivity index (χ3n) is 2.01. The van der Waals surface area contributed by atoms with Crippen molar-refractivity contribution in [2.75, 3.05) is 4.93 Å². The summed E-state index contributed by atoms with van der Waals surface area (Å²) in [6, 6.07) is 0. The number of halogens is 1. The fraction of sp³-hybridized carbons (Fsp3) is 0.750. The molecule has 1 nitrogen and oxygen atoms in total. The molecule has 1 rings (SSSR count). The Kier molecular flexibility index (Phi) is 3.17. The van der Waals surface area contributed by atoms with E-state index in [1.54, 1.807) is 0 Å². The van der Waals surface area contributed by atoms with Gasteiger partial charge in [-0.1, -0.05) is 0 Å². The first-order chi connectivity index (χ1) is 4.83. The summed E-state index contributed by atoms with van der Waals surface area (Å²) in [5, 5.41) is 0. The van der Waals surface area contributed by atoms with Crippen molar-refractivity contribution in [1.29, 1.82) is 0 Å². The van der Waals surface area contributed by atoms with E-state index in [0.29, 0.717) is 5.54 Å². The molecule has 0 aromatic carbocycles. The Morgan fingerprint density at radius 3 is 2.50 bits per heavy atom. The molecular formula is C8H15IN-. The third-order valence-corrected chi connectivity index (χ3v) is 3.63. The molecule has 1 aliphatic carbocycles. The van der Waals surface area contributed by atoms with Crippen molar-refractivity contribution in [3.8, 4) is 0 Å². The van der Waals surface area contributed by atoms with Gasteiger partial charge in [0.15, 0.2) is 0 Å². The molecule has 0 spiro atoms. The molecule has 0 amide bonds. The first-order valence-electron chi connectivity index (χ1n) is 3.72. The number of alkyl halides is 1. The zero-order valence-corrected chi connectivity index (χ0v) is 8.81. The van der Waals surface area contributed by atoms with Crippen LogP contribution in [-0.4, -0.2) is 10.5 Å². The zero-order valence-electron chi connectivity index (χ0n) is 6.65. The maximum absolute atomic E-state index is 3.62. The number of allylic oxidation sites excluding steroid dienone is 1. The van der Waals surface area contributed by atoms with Gasteiger partial charge in [0.05, 0.1) is 0 Å². The van der Waals surface area contributed by atoms with Gasteiger partial charge in [0.25, 0.3) is 0 Å². The Bertz CT molecular complexity index is 127. The van der Waals surface area contributed by atoms with Crippen molar-refractivity contribution in [2.45, 2.75) is 31.7 Å². The summed E-state index contributed by atoms with van der Waals surface area (Å²) >= 11 is 0.249. The van der Waals surface area contributed by atoms with Gasteiger partial charge in [0.1, 0.15) is 0 Å². The van der Waals surface area contributed by atoms with E-state index in [1.165, 1.54) is 19.3 Å². The zero-order chi connectivity index (χ0) is 7.45. The van der Waals surface area contributed by atoms with Crippen molar-refractivity contribution in [2.24, 2.45) is 0 Å². The van der Waals surface area contributed by atoms with E-state index in [1.807, 2.05) is 0 Å². The van der Waals surface area contributed by atoms with E-state index < -0.39 is 0 Å². The summed E-state index contributed by atoms with van der Waals surface area (Å²) in [4.78, 5) is 2.28. The number of rotatable bonds is 3. The van der Waals surface area contributed by atoms with Gasteiger partial charge in [-0.05, 0) is 0 Å². The van der Waals surface area contributed by atoms with E-state index in [2.05, 4.69) is 27.5 Å². The molecule has 1 aliphatic rings. The normalized spacial score (nSPS) is 23.4. The Morgan fingerprint density at radius 2 is 2.20 bits per heavy atom. The molecule has 0 atom stereocenters. The Hall–Kier alpha value is 0.430. The molecule has 0 bridgehead atoms. The third kappa shape index (κ3) is 1.72. The molecule has 0 unspecified atom stereocenters. The van der Waals surface area contributed by atoms with Crippen LogP contribution in [0.5, 0.6) is 0 Å². The molecule has 0 radical (unpaired) electrons. The van der Waals surface area contributed by atoms with Crippen LogP contribution < -0.4 is 25.0 Å². The first kappa shape index (κ1) is 8.53. The van der Waals surface area contributed by atoms with Gasteiger partial charge in [0.2, 0.25) is 0 Å². The topological polar surface area (TPSA) is 12.0 Å². The molecule has 0 saturated heterocycles. The van der Waals surface area contributed by atoms with Crippen molar-refractivity contribution < 1.29 is 21.5 Å². The van der Waals surface area contributed by atoms with Crippen LogP contribution in [0.1, 0.15) is 26.2 Å². The second-order valence-electron chi connectivity index (χ2n) is 2.79. The van der Waals surface area contributed by atoms with E-state index in [4.69, 9.17) is 0 Å². The average molecular weight is 252 g/mol. The minimum absolute atomic E-state index is 0.249. The van der Waals surface area contributed by atoms with Gasteiger partial charge in [-0.25, -0.2) is 0 Å². The fourth-order valence-electron chi connectivity index (χ4n) is 1.36. The van der Waals surface area contributed by atoms with Crippen LogP contribution in [0.25, 0.3) is 0 Å². The standard InChI is InChI=1S/C8H15IN/c1-3-5-8(10-9-2)6-4-7-8/h3,5,10H,4,6-7H2,1-2H3/q-1/b5-3+. The van der Waals surface area contributed by atoms with Crippen molar-refractivity contribution in [3.63, 3.8) is 0 Å². The second-order valence-corrected chi connectivity index (χ2v) is 4.41. The van der Waals surface area contributed by atoms with Gasteiger partial charge in [-0.3, -0.25) is 0 Å². The Labute approximate surface area is 73.9 Å². The van der Waals surface area contributed by atoms with Crippen molar-refractivity contribution in [1.82, 2.24) is 3.53 Å². The summed E-state index contributed by atoms with van der Waals surface area (Å²) < 4.78 is 3.62. The summed E-state index contributed by atoms with van der Waals surface area (Å²) in [5.74, 6) is 0. The van der Waals surface area contributed by atoms with E-state index in [-0.39, 0.29) is 21.5 Å². The predicted octanol–water partition coefficient (Wildman–Crippen LogP) is -1.29. The van der Waals surface area contributed by atoms with Crippen LogP contribution in [0.2, 0.25) is 0 Å². The molecule has 1 N–H and O–H groups in total. The number of hydrogen-bond donors (Lipinski definition) is 1. The van der Waals surface area contributed by atoms with Gasteiger partial charge in [0, 0.05) is 0 Å². The summed E-state index contributed by atoms with van der Waals surface area (Å²) in [6.07, 6.45) is 8.61. The average Bonchev–Trinajstić information content (AvgIpc) is 1.84. The molecule has 2 heteroatoms. The molecule has 60 valence electrons. The monoisotopic (exact) mass is 252 g/mol. The Morgan fingerprint density at radius 1 is 1.50 bits per heavy atom. The number of nitrogens with one attached hydrogen (secondary N) is 1. The SMILES string of the molecule is C/C=C/C1(N[I-]C)CCC1. The van der Waals surface area contributed by atoms with Crippen LogP contribution >= 0.6 is 0 Å². The molecule has 0 heterocycles. The van der Waals surface area contributed by atoms with Crippen molar-refractivity contribution >= 4 is 0 Å². The molecule has 0 aromatic heterocycles. The molecule has 1 saturated carbocycles. The summed E-state index contributed by atoms with van der Waals surface area (Å²) in [6.45, 7) is 2.11. The van der Waals surface area contributed by atoms with Gasteiger partial charge >= 0.3 is 73.8 Å². The Balaban J connectivity index is 2.42. The minimum atomic E-state index is 0.249. The van der Waals surface area contributed by atoms with E-state index >= 15 is 0 Å². The van der Waals surface area contributed by atoms with Crippen molar-refractivity contribution in [3.05, 3.63) is 12.2 Å².